The Labute approximate surface area is 246 Å². The van der Waals surface area contributed by atoms with Crippen LogP contribution in [0.25, 0.3) is 10.8 Å². The number of nitrogens with one attached hydrogen (secondary N) is 1. The number of fused-ring (bicyclic) bond motifs is 2. The monoisotopic (exact) mass is 576 g/mol. The molecule has 1 unspecified atom stereocenters. The Kier molecular flexibility index (Phi) is 9.76. The lowest BCUT2D eigenvalue weighted by molar-refractivity contribution is -0.147. The maximum atomic E-state index is 13.1. The highest BCUT2D eigenvalue weighted by Crippen LogP contribution is 2.46. The molecule has 0 bridgehead atoms. The largest absolute Gasteiger partial charge is 0.497 e. The topological polar surface area (TPSA) is 95.9 Å². The third kappa shape index (κ3) is 7.29. The number of benzene rings is 3. The molecule has 5 rings (SSSR count). The summed E-state index contributed by atoms with van der Waals surface area (Å²) in [6.45, 7) is 9.85. The molecule has 2 N–H and O–H groups in total. The number of aliphatic carboxylic acids is 1. The number of carbonyl (C=O) groups excluding carboxylic acids is 2. The summed E-state index contributed by atoms with van der Waals surface area (Å²) in [4.78, 5) is 36.8. The highest BCUT2D eigenvalue weighted by Gasteiger charge is 2.34. The average molecular weight is 577 g/mol. The van der Waals surface area contributed by atoms with E-state index in [0.717, 1.165) is 17.0 Å². The van der Waals surface area contributed by atoms with Crippen LogP contribution in [-0.4, -0.2) is 55.3 Å². The molecule has 1 amide bonds. The van der Waals surface area contributed by atoms with Gasteiger partial charge in [0.2, 0.25) is 5.91 Å². The highest BCUT2D eigenvalue weighted by atomic mass is 32.2. The van der Waals surface area contributed by atoms with Gasteiger partial charge in [0.25, 0.3) is 0 Å². The molecule has 2 heterocycles. The number of carboxylic acid groups (broad SMARTS) is 1. The number of ketones is 1. The maximum Gasteiger partial charge on any atom is 0.307 e. The van der Waals surface area contributed by atoms with Crippen molar-refractivity contribution >= 4 is 45.9 Å². The van der Waals surface area contributed by atoms with E-state index in [4.69, 9.17) is 9.84 Å². The van der Waals surface area contributed by atoms with E-state index < -0.39 is 11.9 Å². The second-order valence-electron chi connectivity index (χ2n) is 11.9. The minimum Gasteiger partial charge on any atom is -0.497 e. The van der Waals surface area contributed by atoms with Gasteiger partial charge in [0.15, 0.2) is 0 Å². The van der Waals surface area contributed by atoms with Crippen LogP contribution in [0.1, 0.15) is 50.5 Å². The minimum absolute atomic E-state index is 0.0107. The number of carbonyl (C=O) groups is 3. The number of thioether (sulfide) groups is 1. The third-order valence-corrected chi connectivity index (χ3v) is 8.80. The van der Waals surface area contributed by atoms with Gasteiger partial charge in [-0.2, -0.15) is 0 Å². The molecule has 0 aliphatic carbocycles. The second kappa shape index (κ2) is 13.1. The fraction of sp³-hybridized carbons (Fsp3) is 0.424. The number of amides is 1. The Morgan fingerprint density at radius 2 is 1.78 bits per heavy atom. The van der Waals surface area contributed by atoms with Crippen LogP contribution >= 0.6 is 11.8 Å². The van der Waals surface area contributed by atoms with Gasteiger partial charge >= 0.3 is 5.97 Å². The van der Waals surface area contributed by atoms with E-state index in [0.29, 0.717) is 31.8 Å². The van der Waals surface area contributed by atoms with E-state index in [1.807, 2.05) is 17.0 Å². The first kappa shape index (κ1) is 30.6. The second-order valence-corrected chi connectivity index (χ2v) is 13.0. The first-order valence-corrected chi connectivity index (χ1v) is 15.1. The number of rotatable bonds is 5. The lowest BCUT2D eigenvalue weighted by Gasteiger charge is -2.30. The molecule has 218 valence electrons. The zero-order chi connectivity index (χ0) is 29.7. The third-order valence-electron chi connectivity index (χ3n) is 7.54. The van der Waals surface area contributed by atoms with Crippen LogP contribution in [0.3, 0.4) is 0 Å². The summed E-state index contributed by atoms with van der Waals surface area (Å²) >= 11 is 1.70. The molecule has 3 aromatic rings. The summed E-state index contributed by atoms with van der Waals surface area (Å²) in [5, 5.41) is 14.3. The number of hydrogen-bond donors (Lipinski definition) is 2. The number of methoxy groups -OCH3 is 1. The van der Waals surface area contributed by atoms with Crippen LogP contribution in [-0.2, 0) is 14.4 Å². The van der Waals surface area contributed by atoms with Crippen molar-refractivity contribution in [3.63, 3.8) is 0 Å². The summed E-state index contributed by atoms with van der Waals surface area (Å²) in [6.07, 6.45) is 0.555. The molecule has 0 radical (unpaired) electrons. The zero-order valence-electron chi connectivity index (χ0n) is 24.5. The Hall–Kier alpha value is -3.36. The Bertz CT molecular complexity index is 1390. The van der Waals surface area contributed by atoms with Crippen molar-refractivity contribution in [2.24, 2.45) is 17.3 Å². The van der Waals surface area contributed by atoms with Crippen LogP contribution in [0.5, 0.6) is 5.75 Å². The smallest absolute Gasteiger partial charge is 0.307 e. The highest BCUT2D eigenvalue weighted by molar-refractivity contribution is 8.00. The molecule has 0 aromatic heterocycles. The van der Waals surface area contributed by atoms with Crippen molar-refractivity contribution in [3.05, 3.63) is 71.8 Å². The van der Waals surface area contributed by atoms with Crippen LogP contribution in [0.2, 0.25) is 0 Å². The summed E-state index contributed by atoms with van der Waals surface area (Å²) in [5.41, 5.74) is 3.39. The van der Waals surface area contributed by atoms with Gasteiger partial charge in [0.05, 0.1) is 24.0 Å². The number of nitrogens with zero attached hydrogens (tertiary/aromatic N) is 1. The van der Waals surface area contributed by atoms with Crippen molar-refractivity contribution in [2.75, 3.05) is 37.4 Å². The molecule has 1 saturated heterocycles. The van der Waals surface area contributed by atoms with Crippen molar-refractivity contribution < 1.29 is 24.2 Å². The number of ether oxygens (including phenoxy) is 1. The Morgan fingerprint density at radius 3 is 2.44 bits per heavy atom. The van der Waals surface area contributed by atoms with Gasteiger partial charge in [-0.05, 0) is 65.4 Å². The molecule has 0 spiro atoms. The first-order valence-electron chi connectivity index (χ1n) is 14.0. The predicted molar refractivity (Wildman–Crippen MR) is 166 cm³/mol. The molecule has 2 aliphatic heterocycles. The zero-order valence-corrected chi connectivity index (χ0v) is 25.3. The van der Waals surface area contributed by atoms with E-state index in [1.54, 1.807) is 18.9 Å². The number of Topliss-reactive ketones (excluding diaryl/α,β-unsaturated/α-hetero) is 1. The summed E-state index contributed by atoms with van der Waals surface area (Å²) in [6, 6.07) is 21.0. The fourth-order valence-electron chi connectivity index (χ4n) is 5.54. The lowest BCUT2D eigenvalue weighted by atomic mass is 9.84. The summed E-state index contributed by atoms with van der Waals surface area (Å²) < 4.78 is 5.54. The van der Waals surface area contributed by atoms with Crippen molar-refractivity contribution in [1.29, 1.82) is 0 Å². The van der Waals surface area contributed by atoms with Crippen molar-refractivity contribution in [2.45, 2.75) is 39.4 Å². The van der Waals surface area contributed by atoms with Crippen molar-refractivity contribution in [3.8, 4) is 5.75 Å². The maximum absolute atomic E-state index is 13.1. The molecular weight excluding hydrogens is 536 g/mol. The number of hydrogen-bond acceptors (Lipinski definition) is 6. The molecule has 1 fully saturated rings. The minimum atomic E-state index is -0.850. The van der Waals surface area contributed by atoms with E-state index >= 15 is 0 Å². The fourth-order valence-corrected chi connectivity index (χ4v) is 6.76. The Morgan fingerprint density at radius 1 is 1.05 bits per heavy atom. The number of carboxylic acids is 1. The standard InChI is InChI=1S/C25H27NO2S.C8H13NO3/c1-25(2,3)16-26-22-13-12-18(28-4)14-21(22)24(29-15-23(26)27)20-11-7-9-17-8-5-6-10-19(17)20;1-5(10)7-4-9-3-2-6(7)8(11)12/h5-14,24H,15-16H2,1-4H3;6-7,9H,2-4H2,1H3,(H,11,12)/t;6-,7+/m.0/s1. The quantitative estimate of drug-likeness (QED) is 0.388. The number of anilines is 1. The molecule has 8 heteroatoms. The van der Waals surface area contributed by atoms with E-state index in [2.05, 4.69) is 74.6 Å². The molecule has 7 nitrogen and oxygen atoms in total. The Balaban J connectivity index is 0.000000271. The van der Waals surface area contributed by atoms with Gasteiger partial charge in [-0.3, -0.25) is 14.4 Å². The van der Waals surface area contributed by atoms with Crippen LogP contribution < -0.4 is 15.0 Å². The van der Waals surface area contributed by atoms with Crippen LogP contribution in [0.15, 0.2) is 60.7 Å². The molecule has 41 heavy (non-hydrogen) atoms. The normalized spacial score (nSPS) is 20.9. The predicted octanol–water partition coefficient (Wildman–Crippen LogP) is 5.95. The van der Waals surface area contributed by atoms with E-state index in [9.17, 15) is 14.4 Å². The van der Waals surface area contributed by atoms with Gasteiger partial charge in [-0.15, -0.1) is 11.8 Å². The number of piperidine rings is 1. The van der Waals surface area contributed by atoms with Gasteiger partial charge in [0.1, 0.15) is 11.5 Å². The average Bonchev–Trinajstić information content (AvgIpc) is 3.08. The van der Waals surface area contributed by atoms with Gasteiger partial charge in [-0.25, -0.2) is 0 Å². The SMILES string of the molecule is CC(=O)[C@H]1CNCC[C@@H]1C(=O)O.COc1ccc2c(c1)C(c1cccc3ccccc13)SCC(=O)N2CC(C)(C)C. The van der Waals surface area contributed by atoms with E-state index in [1.165, 1.54) is 23.3 Å². The van der Waals surface area contributed by atoms with Gasteiger partial charge in [-0.1, -0.05) is 63.2 Å². The molecule has 0 saturated carbocycles. The molecule has 3 aromatic carbocycles. The van der Waals surface area contributed by atoms with Gasteiger partial charge < -0.3 is 20.1 Å². The van der Waals surface area contributed by atoms with Gasteiger partial charge in [0, 0.05) is 24.7 Å². The first-order chi connectivity index (χ1) is 19.5. The van der Waals surface area contributed by atoms with E-state index in [-0.39, 0.29) is 28.3 Å². The van der Waals surface area contributed by atoms with Crippen LogP contribution in [0.4, 0.5) is 5.69 Å². The van der Waals surface area contributed by atoms with Crippen LogP contribution in [0, 0.1) is 17.3 Å². The summed E-state index contributed by atoms with van der Waals surface area (Å²) in [5.74, 6) is -0.258. The summed E-state index contributed by atoms with van der Waals surface area (Å²) in [7, 11) is 1.69. The van der Waals surface area contributed by atoms with Crippen molar-refractivity contribution in [1.82, 2.24) is 5.32 Å². The molecule has 2 aliphatic rings. The lowest BCUT2D eigenvalue weighted by Crippen LogP contribution is -2.43. The molecular formula is C33H40N2O5S. The molecule has 3 atom stereocenters.